The van der Waals surface area contributed by atoms with Crippen molar-refractivity contribution in [2.45, 2.75) is 0 Å². The van der Waals surface area contributed by atoms with E-state index in [2.05, 4.69) is 5.32 Å². The van der Waals surface area contributed by atoms with E-state index in [1.54, 1.807) is 24.3 Å². The monoisotopic (exact) mass is 344 g/mol. The Morgan fingerprint density at radius 3 is 2.48 bits per heavy atom. The third-order valence-corrected chi connectivity index (χ3v) is 3.58. The zero-order valence-electron chi connectivity index (χ0n) is 10.3. The molecular weight excluding hydrogens is 339 g/mol. The third kappa shape index (κ3) is 3.64. The number of hydrogen-bond donors (Lipinski definition) is 1. The molecule has 0 heterocycles. The molecule has 0 aliphatic rings. The van der Waals surface area contributed by atoms with Crippen molar-refractivity contribution in [2.24, 2.45) is 0 Å². The second-order valence-corrected chi connectivity index (χ2v) is 5.23. The molecule has 0 saturated carbocycles. The molecule has 8 heteroatoms. The van der Waals surface area contributed by atoms with Gasteiger partial charge in [-0.1, -0.05) is 40.9 Å². The predicted octanol–water partition coefficient (Wildman–Crippen LogP) is 4.81. The Kier molecular flexibility index (Phi) is 4.67. The average molecular weight is 346 g/mol. The van der Waals surface area contributed by atoms with E-state index in [4.69, 9.17) is 34.8 Å². The van der Waals surface area contributed by atoms with Crippen LogP contribution >= 0.6 is 34.8 Å². The first-order chi connectivity index (χ1) is 9.88. The molecule has 0 aromatic heterocycles. The summed E-state index contributed by atoms with van der Waals surface area (Å²) in [6.07, 6.45) is 0. The van der Waals surface area contributed by atoms with Crippen LogP contribution in [0.2, 0.25) is 15.1 Å². The fourth-order valence-corrected chi connectivity index (χ4v) is 2.19. The SMILES string of the molecule is O=C(Nc1cccc(Cl)c1)c1cc(Cl)c(Cl)c([N+](=O)[O-])c1. The Bertz CT molecular complexity index is 735. The van der Waals surface area contributed by atoms with E-state index in [1.807, 2.05) is 0 Å². The Morgan fingerprint density at radius 1 is 1.14 bits per heavy atom. The highest BCUT2D eigenvalue weighted by Crippen LogP contribution is 2.33. The van der Waals surface area contributed by atoms with Crippen LogP contribution in [0.5, 0.6) is 0 Å². The summed E-state index contributed by atoms with van der Waals surface area (Å²) in [5, 5.41) is 13.6. The average Bonchev–Trinajstić information content (AvgIpc) is 2.41. The van der Waals surface area contributed by atoms with Crippen molar-refractivity contribution in [2.75, 3.05) is 5.32 Å². The van der Waals surface area contributed by atoms with Gasteiger partial charge >= 0.3 is 0 Å². The Balaban J connectivity index is 2.33. The van der Waals surface area contributed by atoms with Gasteiger partial charge in [0, 0.05) is 22.3 Å². The summed E-state index contributed by atoms with van der Waals surface area (Å²) in [7, 11) is 0. The molecule has 2 aromatic carbocycles. The van der Waals surface area contributed by atoms with Crippen LogP contribution in [0.4, 0.5) is 11.4 Å². The topological polar surface area (TPSA) is 72.2 Å². The van der Waals surface area contributed by atoms with Crippen LogP contribution in [0.1, 0.15) is 10.4 Å². The number of halogens is 3. The van der Waals surface area contributed by atoms with E-state index >= 15 is 0 Å². The fraction of sp³-hybridized carbons (Fsp3) is 0. The Morgan fingerprint density at radius 2 is 1.86 bits per heavy atom. The quantitative estimate of drug-likeness (QED) is 0.641. The molecule has 0 fully saturated rings. The summed E-state index contributed by atoms with van der Waals surface area (Å²) in [6.45, 7) is 0. The van der Waals surface area contributed by atoms with Crippen LogP contribution in [-0.4, -0.2) is 10.8 Å². The van der Waals surface area contributed by atoms with Gasteiger partial charge in [0.25, 0.3) is 11.6 Å². The molecule has 1 N–H and O–H groups in total. The number of nitrogens with one attached hydrogen (secondary N) is 1. The van der Waals surface area contributed by atoms with Gasteiger partial charge in [0.05, 0.1) is 9.95 Å². The van der Waals surface area contributed by atoms with Crippen molar-refractivity contribution in [3.05, 3.63) is 67.1 Å². The molecule has 2 aromatic rings. The first-order valence-corrected chi connectivity index (χ1v) is 6.72. The Hall–Kier alpha value is -1.82. The molecule has 0 aliphatic heterocycles. The number of rotatable bonds is 3. The van der Waals surface area contributed by atoms with Crippen LogP contribution in [-0.2, 0) is 0 Å². The van der Waals surface area contributed by atoms with E-state index < -0.39 is 16.5 Å². The highest BCUT2D eigenvalue weighted by molar-refractivity contribution is 6.43. The van der Waals surface area contributed by atoms with Gasteiger partial charge in [-0.3, -0.25) is 14.9 Å². The van der Waals surface area contributed by atoms with Crippen molar-refractivity contribution >= 4 is 52.1 Å². The number of nitro benzene ring substituents is 1. The van der Waals surface area contributed by atoms with Gasteiger partial charge in [-0.15, -0.1) is 0 Å². The molecule has 0 aliphatic carbocycles. The molecule has 0 spiro atoms. The van der Waals surface area contributed by atoms with Crippen molar-refractivity contribution in [3.8, 4) is 0 Å². The van der Waals surface area contributed by atoms with Crippen molar-refractivity contribution < 1.29 is 9.72 Å². The summed E-state index contributed by atoms with van der Waals surface area (Å²) in [5.74, 6) is -0.557. The predicted molar refractivity (Wildman–Crippen MR) is 82.5 cm³/mol. The summed E-state index contributed by atoms with van der Waals surface area (Å²) >= 11 is 17.3. The molecule has 0 unspecified atom stereocenters. The molecule has 108 valence electrons. The number of carbonyl (C=O) groups excluding carboxylic acids is 1. The van der Waals surface area contributed by atoms with Crippen LogP contribution in [0, 0.1) is 10.1 Å². The van der Waals surface area contributed by atoms with Gasteiger partial charge < -0.3 is 5.32 Å². The molecule has 21 heavy (non-hydrogen) atoms. The summed E-state index contributed by atoms with van der Waals surface area (Å²) in [5.41, 5.74) is 0.0534. The lowest BCUT2D eigenvalue weighted by Crippen LogP contribution is -2.12. The maximum atomic E-state index is 12.1. The molecule has 0 atom stereocenters. The van der Waals surface area contributed by atoms with Crippen LogP contribution in [0.15, 0.2) is 36.4 Å². The lowest BCUT2D eigenvalue weighted by molar-refractivity contribution is -0.384. The number of anilines is 1. The molecule has 0 saturated heterocycles. The first-order valence-electron chi connectivity index (χ1n) is 5.59. The van der Waals surface area contributed by atoms with E-state index in [-0.39, 0.29) is 15.6 Å². The van der Waals surface area contributed by atoms with E-state index in [0.29, 0.717) is 10.7 Å². The zero-order valence-corrected chi connectivity index (χ0v) is 12.5. The molecule has 1 amide bonds. The Labute approximate surface area is 134 Å². The first kappa shape index (κ1) is 15.6. The standard InChI is InChI=1S/C13H7Cl3N2O3/c14-8-2-1-3-9(6-8)17-13(19)7-4-10(15)12(16)11(5-7)18(20)21/h1-6H,(H,17,19). The van der Waals surface area contributed by atoms with E-state index in [0.717, 1.165) is 6.07 Å². The highest BCUT2D eigenvalue weighted by Gasteiger charge is 2.20. The van der Waals surface area contributed by atoms with Crippen molar-refractivity contribution in [1.29, 1.82) is 0 Å². The lowest BCUT2D eigenvalue weighted by atomic mass is 10.2. The number of carbonyl (C=O) groups is 1. The third-order valence-electron chi connectivity index (χ3n) is 2.55. The van der Waals surface area contributed by atoms with Crippen LogP contribution in [0.25, 0.3) is 0 Å². The van der Waals surface area contributed by atoms with Gasteiger partial charge in [-0.05, 0) is 24.3 Å². The summed E-state index contributed by atoms with van der Waals surface area (Å²) in [6, 6.07) is 8.82. The second-order valence-electron chi connectivity index (χ2n) is 4.01. The molecule has 2 rings (SSSR count). The van der Waals surface area contributed by atoms with E-state index in [9.17, 15) is 14.9 Å². The number of benzene rings is 2. The van der Waals surface area contributed by atoms with Crippen LogP contribution < -0.4 is 5.32 Å². The highest BCUT2D eigenvalue weighted by atomic mass is 35.5. The smallest absolute Gasteiger partial charge is 0.290 e. The summed E-state index contributed by atoms with van der Waals surface area (Å²) < 4.78 is 0. The molecule has 5 nitrogen and oxygen atoms in total. The fourth-order valence-electron chi connectivity index (χ4n) is 1.61. The second kappa shape index (κ2) is 6.30. The van der Waals surface area contributed by atoms with Crippen molar-refractivity contribution in [1.82, 2.24) is 0 Å². The normalized spacial score (nSPS) is 10.2. The zero-order chi connectivity index (χ0) is 15.6. The minimum atomic E-state index is -0.704. The van der Waals surface area contributed by atoms with Gasteiger partial charge in [-0.2, -0.15) is 0 Å². The molecule has 0 radical (unpaired) electrons. The van der Waals surface area contributed by atoms with Gasteiger partial charge in [-0.25, -0.2) is 0 Å². The maximum Gasteiger partial charge on any atom is 0.290 e. The molecular formula is C13H7Cl3N2O3. The minimum absolute atomic E-state index is 0.0241. The lowest BCUT2D eigenvalue weighted by Gasteiger charge is -2.07. The molecule has 0 bridgehead atoms. The maximum absolute atomic E-state index is 12.1. The van der Waals surface area contributed by atoms with Crippen molar-refractivity contribution in [3.63, 3.8) is 0 Å². The minimum Gasteiger partial charge on any atom is -0.322 e. The van der Waals surface area contributed by atoms with E-state index in [1.165, 1.54) is 6.07 Å². The van der Waals surface area contributed by atoms with Gasteiger partial charge in [0.15, 0.2) is 0 Å². The van der Waals surface area contributed by atoms with Crippen LogP contribution in [0.3, 0.4) is 0 Å². The summed E-state index contributed by atoms with van der Waals surface area (Å²) in [4.78, 5) is 22.2. The number of hydrogen-bond acceptors (Lipinski definition) is 3. The van der Waals surface area contributed by atoms with Gasteiger partial charge in [0.2, 0.25) is 0 Å². The number of amides is 1. The van der Waals surface area contributed by atoms with Gasteiger partial charge in [0.1, 0.15) is 5.02 Å². The largest absolute Gasteiger partial charge is 0.322 e. The number of nitro groups is 1. The number of nitrogens with zero attached hydrogens (tertiary/aromatic N) is 1.